The molecule has 4 nitrogen and oxygen atoms in total. The van der Waals surface area contributed by atoms with Gasteiger partial charge in [0.1, 0.15) is 5.75 Å². The summed E-state index contributed by atoms with van der Waals surface area (Å²) in [5.74, 6) is 0.642. The molecule has 144 valence electrons. The van der Waals surface area contributed by atoms with E-state index in [4.69, 9.17) is 4.74 Å². The fourth-order valence-electron chi connectivity index (χ4n) is 2.78. The van der Waals surface area contributed by atoms with E-state index in [0.717, 1.165) is 17.0 Å². The van der Waals surface area contributed by atoms with E-state index in [0.29, 0.717) is 5.75 Å². The van der Waals surface area contributed by atoms with Crippen molar-refractivity contribution in [3.63, 3.8) is 0 Å². The fourth-order valence-corrected chi connectivity index (χ4v) is 2.78. The number of aromatic nitrogens is 1. The second-order valence-electron chi connectivity index (χ2n) is 6.16. The lowest BCUT2D eigenvalue weighted by molar-refractivity contribution is -0.0510. The zero-order chi connectivity index (χ0) is 20.1. The third-order valence-electron chi connectivity index (χ3n) is 4.03. The normalized spacial score (nSPS) is 11.2. The Kier molecular flexibility index (Phi) is 5.89. The van der Waals surface area contributed by atoms with Gasteiger partial charge in [0.25, 0.3) is 0 Å². The number of benzene rings is 2. The Morgan fingerprint density at radius 3 is 2.25 bits per heavy atom. The quantitative estimate of drug-likeness (QED) is 0.565. The Morgan fingerprint density at radius 1 is 0.929 bits per heavy atom. The highest BCUT2D eigenvalue weighted by Gasteiger charge is 2.12. The highest BCUT2D eigenvalue weighted by molar-refractivity contribution is 5.64. The summed E-state index contributed by atoms with van der Waals surface area (Å²) in [6, 6.07) is 16.6. The predicted molar refractivity (Wildman–Crippen MR) is 105 cm³/mol. The van der Waals surface area contributed by atoms with E-state index in [9.17, 15) is 13.6 Å². The van der Waals surface area contributed by atoms with E-state index in [1.165, 1.54) is 6.07 Å². The Bertz CT molecular complexity index is 1020. The average molecular weight is 383 g/mol. The summed E-state index contributed by atoms with van der Waals surface area (Å²) in [5, 5.41) is 0. The van der Waals surface area contributed by atoms with Crippen LogP contribution >= 0.6 is 0 Å². The Labute approximate surface area is 161 Å². The molecule has 0 aliphatic heterocycles. The van der Waals surface area contributed by atoms with Gasteiger partial charge in [-0.05, 0) is 49.8 Å². The summed E-state index contributed by atoms with van der Waals surface area (Å²) < 4.78 is 37.6. The van der Waals surface area contributed by atoms with Crippen molar-refractivity contribution in [3.05, 3.63) is 87.8 Å². The molecule has 0 aliphatic carbocycles. The van der Waals surface area contributed by atoms with Crippen LogP contribution in [0.5, 0.6) is 17.2 Å². The van der Waals surface area contributed by atoms with Gasteiger partial charge in [0.15, 0.2) is 16.9 Å². The first-order valence-electron chi connectivity index (χ1n) is 8.62. The van der Waals surface area contributed by atoms with Gasteiger partial charge in [-0.3, -0.25) is 4.79 Å². The molecule has 28 heavy (non-hydrogen) atoms. The van der Waals surface area contributed by atoms with Crippen LogP contribution in [0.1, 0.15) is 17.0 Å². The van der Waals surface area contributed by atoms with Crippen LogP contribution in [0, 0.1) is 13.8 Å². The molecule has 0 saturated heterocycles. The Balaban J connectivity index is 1.94. The van der Waals surface area contributed by atoms with Crippen LogP contribution in [0.25, 0.3) is 12.3 Å². The van der Waals surface area contributed by atoms with E-state index in [1.54, 1.807) is 60.8 Å². The van der Waals surface area contributed by atoms with Crippen molar-refractivity contribution >= 4 is 12.3 Å². The van der Waals surface area contributed by atoms with Gasteiger partial charge in [-0.1, -0.05) is 24.3 Å². The number of hydrogen-bond donors (Lipinski definition) is 0. The summed E-state index contributed by atoms with van der Waals surface area (Å²) >= 11 is 0. The molecule has 3 rings (SSSR count). The maximum atomic E-state index is 12.7. The summed E-state index contributed by atoms with van der Waals surface area (Å²) in [6.07, 6.45) is 3.61. The van der Waals surface area contributed by atoms with E-state index in [2.05, 4.69) is 4.74 Å². The minimum absolute atomic E-state index is 0.0493. The lowest BCUT2D eigenvalue weighted by atomic mass is 10.2. The van der Waals surface area contributed by atoms with Gasteiger partial charge >= 0.3 is 6.61 Å². The monoisotopic (exact) mass is 383 g/mol. The molecule has 0 unspecified atom stereocenters. The van der Waals surface area contributed by atoms with Gasteiger partial charge in [0, 0.05) is 29.7 Å². The summed E-state index contributed by atoms with van der Waals surface area (Å²) in [6.45, 7) is 0.718. The van der Waals surface area contributed by atoms with Crippen molar-refractivity contribution < 1.29 is 18.3 Å². The minimum Gasteiger partial charge on any atom is -0.453 e. The largest absolute Gasteiger partial charge is 0.453 e. The van der Waals surface area contributed by atoms with Crippen molar-refractivity contribution in [1.82, 2.24) is 4.57 Å². The van der Waals surface area contributed by atoms with Gasteiger partial charge in [-0.2, -0.15) is 8.78 Å². The third kappa shape index (κ3) is 4.85. The van der Waals surface area contributed by atoms with Gasteiger partial charge in [0.05, 0.1) is 0 Å². The highest BCUT2D eigenvalue weighted by Crippen LogP contribution is 2.34. The molecule has 0 saturated carbocycles. The van der Waals surface area contributed by atoms with Crippen LogP contribution in [0.2, 0.25) is 0 Å². The number of halogens is 2. The summed E-state index contributed by atoms with van der Waals surface area (Å²) in [5.41, 5.74) is 2.26. The zero-order valence-corrected chi connectivity index (χ0v) is 15.4. The van der Waals surface area contributed by atoms with Crippen molar-refractivity contribution in [2.24, 2.45) is 0 Å². The first-order chi connectivity index (χ1) is 13.4. The number of rotatable bonds is 6. The number of pyridine rings is 1. The van der Waals surface area contributed by atoms with Gasteiger partial charge in [-0.15, -0.1) is 0 Å². The predicted octanol–water partition coefficient (Wildman–Crippen LogP) is 5.49. The van der Waals surface area contributed by atoms with Crippen LogP contribution in [0.3, 0.4) is 0 Å². The average Bonchev–Trinajstić information content (AvgIpc) is 2.63. The molecular weight excluding hydrogens is 364 g/mol. The van der Waals surface area contributed by atoms with Crippen LogP contribution in [-0.4, -0.2) is 11.2 Å². The number of para-hydroxylation sites is 1. The molecule has 1 aromatic heterocycles. The van der Waals surface area contributed by atoms with Crippen molar-refractivity contribution in [1.29, 1.82) is 0 Å². The number of nitrogens with zero attached hydrogens (tertiary/aromatic N) is 1. The van der Waals surface area contributed by atoms with Crippen molar-refractivity contribution in [2.75, 3.05) is 0 Å². The van der Waals surface area contributed by atoms with Crippen LogP contribution in [0.4, 0.5) is 8.78 Å². The maximum absolute atomic E-state index is 12.7. The summed E-state index contributed by atoms with van der Waals surface area (Å²) in [4.78, 5) is 11.6. The fraction of sp³-hybridized carbons (Fsp3) is 0.136. The standard InChI is InChI=1S/C22H19F2NO3/c1-15-12-18(26)13-16(2)25(15)11-10-17-8-9-20(28-22(23)24)21(14-17)27-19-6-4-3-5-7-19/h3-14,22H,1-2H3/b11-10+. The molecule has 0 N–H and O–H groups in total. The van der Waals surface area contributed by atoms with Crippen molar-refractivity contribution in [2.45, 2.75) is 20.5 Å². The zero-order valence-electron chi connectivity index (χ0n) is 15.4. The Morgan fingerprint density at radius 2 is 1.61 bits per heavy atom. The van der Waals surface area contributed by atoms with Crippen LogP contribution in [-0.2, 0) is 0 Å². The molecule has 3 aromatic rings. The summed E-state index contributed by atoms with van der Waals surface area (Å²) in [7, 11) is 0. The first kappa shape index (κ1) is 19.4. The molecule has 1 heterocycles. The molecule has 6 heteroatoms. The highest BCUT2D eigenvalue weighted by atomic mass is 19.3. The van der Waals surface area contributed by atoms with E-state index >= 15 is 0 Å². The lowest BCUT2D eigenvalue weighted by Crippen LogP contribution is -2.08. The van der Waals surface area contributed by atoms with Crippen molar-refractivity contribution in [3.8, 4) is 17.2 Å². The van der Waals surface area contributed by atoms with Gasteiger partial charge < -0.3 is 14.0 Å². The molecule has 0 atom stereocenters. The third-order valence-corrected chi connectivity index (χ3v) is 4.03. The Hall–Kier alpha value is -3.41. The number of hydrogen-bond acceptors (Lipinski definition) is 3. The number of alkyl halides is 2. The number of aryl methyl sites for hydroxylation is 2. The molecule has 0 radical (unpaired) electrons. The molecular formula is C22H19F2NO3. The minimum atomic E-state index is -2.95. The number of ether oxygens (including phenoxy) is 2. The maximum Gasteiger partial charge on any atom is 0.387 e. The van der Waals surface area contributed by atoms with E-state index < -0.39 is 6.61 Å². The van der Waals surface area contributed by atoms with Gasteiger partial charge in [0.2, 0.25) is 0 Å². The van der Waals surface area contributed by atoms with Crippen LogP contribution in [0.15, 0.2) is 65.5 Å². The van der Waals surface area contributed by atoms with Crippen LogP contribution < -0.4 is 14.9 Å². The smallest absolute Gasteiger partial charge is 0.387 e. The topological polar surface area (TPSA) is 40.5 Å². The van der Waals surface area contributed by atoms with E-state index in [-0.39, 0.29) is 16.9 Å². The molecule has 2 aromatic carbocycles. The lowest BCUT2D eigenvalue weighted by Gasteiger charge is -2.13. The second-order valence-corrected chi connectivity index (χ2v) is 6.16. The molecule has 0 aliphatic rings. The molecule has 0 bridgehead atoms. The SMILES string of the molecule is Cc1cc(=O)cc(C)n1/C=C/c1ccc(OC(F)F)c(Oc2ccccc2)c1. The molecule has 0 spiro atoms. The first-order valence-corrected chi connectivity index (χ1v) is 8.62. The molecule has 0 fully saturated rings. The molecule has 0 amide bonds. The van der Waals surface area contributed by atoms with E-state index in [1.807, 2.05) is 24.5 Å². The van der Waals surface area contributed by atoms with Gasteiger partial charge in [-0.25, -0.2) is 0 Å². The second kappa shape index (κ2) is 8.52.